The summed E-state index contributed by atoms with van der Waals surface area (Å²) in [5.41, 5.74) is 1.97. The van der Waals surface area contributed by atoms with Gasteiger partial charge in [-0.15, -0.1) is 0 Å². The Labute approximate surface area is 304 Å². The van der Waals surface area contributed by atoms with Crippen molar-refractivity contribution in [2.24, 2.45) is 23.7 Å². The highest BCUT2D eigenvalue weighted by Gasteiger charge is 2.67. The molecule has 52 heavy (non-hydrogen) atoms. The van der Waals surface area contributed by atoms with Crippen LogP contribution in [0.5, 0.6) is 5.75 Å². The highest BCUT2D eigenvalue weighted by atomic mass is 28.4. The second-order valence-electron chi connectivity index (χ2n) is 15.5. The smallest absolute Gasteiger partial charge is 0.271 e. The molecule has 4 aromatic carbocycles. The summed E-state index contributed by atoms with van der Waals surface area (Å²) in [6.45, 7) is 10.2. The fraction of sp³-hybridized carbons (Fsp3) is 0.366. The summed E-state index contributed by atoms with van der Waals surface area (Å²) in [6.07, 6.45) is -0.262. The molecule has 2 amide bonds. The van der Waals surface area contributed by atoms with Crippen LogP contribution in [0.4, 0.5) is 11.4 Å². The number of phenols is 1. The van der Waals surface area contributed by atoms with Crippen molar-refractivity contribution >= 4 is 41.9 Å². The third kappa shape index (κ3) is 5.67. The van der Waals surface area contributed by atoms with Crippen molar-refractivity contribution in [1.82, 2.24) is 0 Å². The first-order valence-corrected chi connectivity index (χ1v) is 19.7. The molecule has 1 saturated carbocycles. The first-order chi connectivity index (χ1) is 24.7. The third-order valence-electron chi connectivity index (χ3n) is 11.5. The number of aryl methyl sites for hydroxylation is 2. The summed E-state index contributed by atoms with van der Waals surface area (Å²) in [4.78, 5) is 40.8. The molecule has 0 radical (unpaired) electrons. The Kier molecular flexibility index (Phi) is 8.97. The molecule has 2 saturated heterocycles. The molecule has 0 spiro atoms. The molecule has 3 aliphatic rings. The van der Waals surface area contributed by atoms with E-state index in [0.29, 0.717) is 11.1 Å². The topological polar surface area (TPSA) is 139 Å². The number of nitrogens with zero attached hydrogens (tertiary/aromatic N) is 2. The van der Waals surface area contributed by atoms with Gasteiger partial charge in [-0.05, 0) is 77.0 Å². The molecule has 1 aliphatic carbocycles. The number of fused-ring (bicyclic) bond motifs is 3. The lowest BCUT2D eigenvalue weighted by Crippen LogP contribution is -2.67. The van der Waals surface area contributed by atoms with Gasteiger partial charge in [-0.3, -0.25) is 19.7 Å². The molecule has 4 aromatic rings. The molecule has 7 rings (SSSR count). The number of aliphatic hydroxyl groups is 1. The van der Waals surface area contributed by atoms with Crippen LogP contribution in [-0.4, -0.2) is 47.7 Å². The van der Waals surface area contributed by atoms with Gasteiger partial charge in [0, 0.05) is 30.6 Å². The van der Waals surface area contributed by atoms with E-state index in [9.17, 15) is 29.9 Å². The van der Waals surface area contributed by atoms with Crippen molar-refractivity contribution in [2.75, 3.05) is 11.5 Å². The summed E-state index contributed by atoms with van der Waals surface area (Å²) >= 11 is 0. The van der Waals surface area contributed by atoms with Crippen LogP contribution in [0.3, 0.4) is 0 Å². The predicted octanol–water partition coefficient (Wildman–Crippen LogP) is 6.09. The van der Waals surface area contributed by atoms with E-state index in [1.54, 1.807) is 13.8 Å². The minimum atomic E-state index is -3.08. The van der Waals surface area contributed by atoms with Crippen LogP contribution in [0.25, 0.3) is 0 Å². The maximum atomic E-state index is 14.3. The van der Waals surface area contributed by atoms with Gasteiger partial charge in [0.2, 0.25) is 11.8 Å². The Morgan fingerprint density at radius 1 is 0.904 bits per heavy atom. The van der Waals surface area contributed by atoms with Gasteiger partial charge in [0.25, 0.3) is 14.0 Å². The number of hydrogen-bond donors (Lipinski definition) is 2. The number of rotatable bonds is 8. The van der Waals surface area contributed by atoms with Crippen molar-refractivity contribution in [3.8, 4) is 5.75 Å². The molecular weight excluding hydrogens is 677 g/mol. The molecule has 0 unspecified atom stereocenters. The molecule has 270 valence electrons. The Bertz CT molecular complexity index is 1970. The van der Waals surface area contributed by atoms with E-state index in [4.69, 9.17) is 9.16 Å². The zero-order valence-electron chi connectivity index (χ0n) is 30.0. The van der Waals surface area contributed by atoms with Crippen molar-refractivity contribution in [3.63, 3.8) is 0 Å². The lowest BCUT2D eigenvalue weighted by atomic mass is 9.64. The minimum absolute atomic E-state index is 0.0577. The fourth-order valence-electron chi connectivity index (χ4n) is 9.04. The molecule has 2 heterocycles. The number of non-ortho nitro benzene ring substituents is 1. The Morgan fingerprint density at radius 3 is 2.06 bits per heavy atom. The Morgan fingerprint density at radius 2 is 1.50 bits per heavy atom. The summed E-state index contributed by atoms with van der Waals surface area (Å²) < 4.78 is 14.0. The van der Waals surface area contributed by atoms with Crippen LogP contribution < -0.4 is 15.3 Å². The molecule has 0 aromatic heterocycles. The quantitative estimate of drug-likeness (QED) is 0.0966. The first kappa shape index (κ1) is 35.7. The molecule has 2 aliphatic heterocycles. The van der Waals surface area contributed by atoms with Gasteiger partial charge >= 0.3 is 0 Å². The largest absolute Gasteiger partial charge is 0.507 e. The number of carbonyl (C=O) groups excluding carboxylic acids is 2. The number of nitro benzene ring substituents is 1. The SMILES string of the molecule is Cc1cc([C@@H]2C[C@H]3[C@H]4C(=O)N(c5cccc([N+](=O)[O-])c5)C(=O)[C@H]4C[C@H](CO[Si](c4ccccc4)(c4ccccc4)C(C)(C)C)[C@@]3(O)O2)cc(C)c1O. The maximum Gasteiger partial charge on any atom is 0.271 e. The number of aromatic hydroxyl groups is 1. The number of phenolic OH excluding ortho intramolecular Hbond substituents is 1. The van der Waals surface area contributed by atoms with E-state index in [0.717, 1.165) is 20.8 Å². The molecule has 6 atom stereocenters. The second-order valence-corrected chi connectivity index (χ2v) is 19.8. The average molecular weight is 721 g/mol. The Hall–Kier alpha value is -4.68. The van der Waals surface area contributed by atoms with Gasteiger partial charge < -0.3 is 19.4 Å². The fourth-order valence-corrected chi connectivity index (χ4v) is 13.7. The van der Waals surface area contributed by atoms with E-state index in [-0.39, 0.29) is 41.6 Å². The molecule has 2 N–H and O–H groups in total. The van der Waals surface area contributed by atoms with Gasteiger partial charge in [-0.25, -0.2) is 4.90 Å². The van der Waals surface area contributed by atoms with Crippen molar-refractivity contribution in [1.29, 1.82) is 0 Å². The van der Waals surface area contributed by atoms with E-state index in [1.165, 1.54) is 24.3 Å². The third-order valence-corrected chi connectivity index (χ3v) is 16.5. The van der Waals surface area contributed by atoms with Crippen LogP contribution in [-0.2, 0) is 18.8 Å². The molecule has 10 nitrogen and oxygen atoms in total. The number of ether oxygens (including phenoxy) is 1. The van der Waals surface area contributed by atoms with Crippen molar-refractivity contribution < 1.29 is 33.9 Å². The zero-order chi connectivity index (χ0) is 37.2. The number of imide groups is 1. The molecule has 11 heteroatoms. The van der Waals surface area contributed by atoms with Crippen LogP contribution in [0.1, 0.15) is 56.4 Å². The Balaban J connectivity index is 1.32. The summed E-state index contributed by atoms with van der Waals surface area (Å²) in [6, 6.07) is 29.5. The lowest BCUT2D eigenvalue weighted by Gasteiger charge is -2.48. The van der Waals surface area contributed by atoms with Crippen LogP contribution in [0, 0.1) is 47.6 Å². The number of anilines is 1. The predicted molar refractivity (Wildman–Crippen MR) is 199 cm³/mol. The lowest BCUT2D eigenvalue weighted by molar-refractivity contribution is -0.384. The molecule has 3 fully saturated rings. The normalized spacial score (nSPS) is 26.0. The van der Waals surface area contributed by atoms with E-state index in [1.807, 2.05) is 48.5 Å². The van der Waals surface area contributed by atoms with Gasteiger partial charge in [0.1, 0.15) is 5.75 Å². The first-order valence-electron chi connectivity index (χ1n) is 17.7. The van der Waals surface area contributed by atoms with Crippen LogP contribution >= 0.6 is 0 Å². The van der Waals surface area contributed by atoms with Crippen molar-refractivity contribution in [3.05, 3.63) is 124 Å². The van der Waals surface area contributed by atoms with E-state index < -0.39 is 60.6 Å². The minimum Gasteiger partial charge on any atom is -0.507 e. The van der Waals surface area contributed by atoms with Crippen molar-refractivity contribution in [2.45, 2.75) is 64.4 Å². The van der Waals surface area contributed by atoms with Crippen LogP contribution in [0.15, 0.2) is 97.1 Å². The standard InChI is InChI=1S/C41H44N2O8Si/c1-25-19-27(20-26(2)37(25)44)35-23-34-36-33(38(45)42(39(36)46)29-13-12-14-30(22-29)43(48)49)21-28(41(34,47)51-35)24-50-52(40(3,4)5,31-15-8-6-9-16-31)32-17-10-7-11-18-32/h6-20,22,28,33-36,44,47H,21,23-24H2,1-5H3/t28-,33+,34+,35+,36+,41-/m1/s1. The van der Waals surface area contributed by atoms with Gasteiger partial charge in [-0.2, -0.15) is 0 Å². The summed E-state index contributed by atoms with van der Waals surface area (Å²) in [7, 11) is -3.08. The summed E-state index contributed by atoms with van der Waals surface area (Å²) in [5.74, 6) is -5.81. The number of hydrogen-bond acceptors (Lipinski definition) is 8. The average Bonchev–Trinajstić information content (AvgIpc) is 3.60. The number of benzene rings is 4. The van der Waals surface area contributed by atoms with Gasteiger partial charge in [0.15, 0.2) is 5.79 Å². The van der Waals surface area contributed by atoms with Gasteiger partial charge in [0.05, 0.1) is 28.6 Å². The number of carbonyl (C=O) groups is 2. The molecule has 0 bridgehead atoms. The molecular formula is C41H44N2O8Si. The zero-order valence-corrected chi connectivity index (χ0v) is 31.0. The van der Waals surface area contributed by atoms with E-state index in [2.05, 4.69) is 45.0 Å². The van der Waals surface area contributed by atoms with Crippen LogP contribution in [0.2, 0.25) is 5.04 Å². The highest BCUT2D eigenvalue weighted by Crippen LogP contribution is 2.59. The maximum absolute atomic E-state index is 14.3. The number of amides is 2. The monoisotopic (exact) mass is 720 g/mol. The van der Waals surface area contributed by atoms with Gasteiger partial charge in [-0.1, -0.05) is 87.5 Å². The van der Waals surface area contributed by atoms with E-state index >= 15 is 0 Å². The summed E-state index contributed by atoms with van der Waals surface area (Å²) in [5, 5.41) is 36.8. The highest BCUT2D eigenvalue weighted by molar-refractivity contribution is 6.99. The number of nitro groups is 1. The second kappa shape index (κ2) is 13.1.